The maximum absolute atomic E-state index is 12.2. The third kappa shape index (κ3) is 3.17. The van der Waals surface area contributed by atoms with Gasteiger partial charge in [-0.3, -0.25) is 4.79 Å². The molecular formula is C16H21NO4. The first-order valence-electron chi connectivity index (χ1n) is 6.93. The number of benzene rings is 1. The molecule has 1 aliphatic carbocycles. The second-order valence-electron chi connectivity index (χ2n) is 6.23. The molecule has 1 fully saturated rings. The van der Waals surface area contributed by atoms with Gasteiger partial charge in [0.05, 0.1) is 13.2 Å². The minimum Gasteiger partial charge on any atom is -0.468 e. The molecule has 5 nitrogen and oxygen atoms in total. The number of esters is 1. The summed E-state index contributed by atoms with van der Waals surface area (Å²) in [5, 5.41) is 2.75. The molecule has 0 aromatic heterocycles. The van der Waals surface area contributed by atoms with Crippen LogP contribution in [-0.2, 0) is 19.7 Å². The van der Waals surface area contributed by atoms with E-state index in [9.17, 15) is 9.59 Å². The zero-order chi connectivity index (χ0) is 15.7. The van der Waals surface area contributed by atoms with Gasteiger partial charge in [-0.2, -0.15) is 0 Å². The van der Waals surface area contributed by atoms with Gasteiger partial charge in [-0.1, -0.05) is 30.3 Å². The Labute approximate surface area is 124 Å². The molecule has 114 valence electrons. The van der Waals surface area contributed by atoms with Crippen LogP contribution in [0, 0.1) is 0 Å². The van der Waals surface area contributed by atoms with Crippen molar-refractivity contribution in [3.8, 4) is 0 Å². The number of amides is 1. The zero-order valence-corrected chi connectivity index (χ0v) is 12.8. The molecule has 1 aromatic carbocycles. The molecule has 1 aliphatic rings. The van der Waals surface area contributed by atoms with Crippen molar-refractivity contribution in [3.05, 3.63) is 35.9 Å². The molecule has 0 aliphatic heterocycles. The highest BCUT2D eigenvalue weighted by Crippen LogP contribution is 2.49. The Hall–Kier alpha value is -2.04. The van der Waals surface area contributed by atoms with Crippen LogP contribution in [0.15, 0.2) is 30.3 Å². The SMILES string of the molecule is COC(=O)[C@@]1(c2ccccc2)C[C@H]1NC(=O)OC(C)(C)C. The molecule has 0 heterocycles. The van der Waals surface area contributed by atoms with Crippen molar-refractivity contribution in [1.29, 1.82) is 0 Å². The van der Waals surface area contributed by atoms with E-state index in [4.69, 9.17) is 9.47 Å². The third-order valence-corrected chi connectivity index (χ3v) is 3.49. The molecule has 0 unspecified atom stereocenters. The van der Waals surface area contributed by atoms with E-state index < -0.39 is 17.1 Å². The van der Waals surface area contributed by atoms with Crippen molar-refractivity contribution in [3.63, 3.8) is 0 Å². The Kier molecular flexibility index (Phi) is 3.94. The minimum atomic E-state index is -0.799. The van der Waals surface area contributed by atoms with Crippen molar-refractivity contribution in [2.45, 2.75) is 44.2 Å². The van der Waals surface area contributed by atoms with E-state index in [0.29, 0.717) is 6.42 Å². The van der Waals surface area contributed by atoms with Crippen LogP contribution < -0.4 is 5.32 Å². The van der Waals surface area contributed by atoms with E-state index in [1.165, 1.54) is 7.11 Å². The molecule has 0 spiro atoms. The number of ether oxygens (including phenoxy) is 2. The summed E-state index contributed by atoms with van der Waals surface area (Å²) in [6, 6.07) is 9.04. The predicted molar refractivity (Wildman–Crippen MR) is 77.9 cm³/mol. The van der Waals surface area contributed by atoms with E-state index >= 15 is 0 Å². The van der Waals surface area contributed by atoms with Gasteiger partial charge >= 0.3 is 12.1 Å². The van der Waals surface area contributed by atoms with Crippen molar-refractivity contribution in [2.75, 3.05) is 7.11 Å². The summed E-state index contributed by atoms with van der Waals surface area (Å²) >= 11 is 0. The molecule has 1 N–H and O–H groups in total. The maximum Gasteiger partial charge on any atom is 0.407 e. The molecule has 0 saturated heterocycles. The van der Waals surface area contributed by atoms with Crippen molar-refractivity contribution >= 4 is 12.1 Å². The van der Waals surface area contributed by atoms with Crippen LogP contribution in [0.25, 0.3) is 0 Å². The van der Waals surface area contributed by atoms with Crippen LogP contribution in [0.3, 0.4) is 0 Å². The fourth-order valence-electron chi connectivity index (χ4n) is 2.47. The number of alkyl carbamates (subject to hydrolysis) is 1. The lowest BCUT2D eigenvalue weighted by Gasteiger charge is -2.21. The summed E-state index contributed by atoms with van der Waals surface area (Å²) < 4.78 is 10.1. The molecule has 2 atom stereocenters. The molecule has 1 amide bonds. The van der Waals surface area contributed by atoms with Crippen LogP contribution >= 0.6 is 0 Å². The summed E-state index contributed by atoms with van der Waals surface area (Å²) in [7, 11) is 1.36. The van der Waals surface area contributed by atoms with Gasteiger partial charge in [0.2, 0.25) is 0 Å². The minimum absolute atomic E-state index is 0.304. The first-order valence-corrected chi connectivity index (χ1v) is 6.93. The highest BCUT2D eigenvalue weighted by atomic mass is 16.6. The fourth-order valence-corrected chi connectivity index (χ4v) is 2.47. The Morgan fingerprint density at radius 3 is 2.38 bits per heavy atom. The molecular weight excluding hydrogens is 270 g/mol. The normalized spacial score (nSPS) is 24.1. The summed E-state index contributed by atoms with van der Waals surface area (Å²) in [4.78, 5) is 24.0. The summed E-state index contributed by atoms with van der Waals surface area (Å²) in [5.74, 6) is -0.338. The summed E-state index contributed by atoms with van der Waals surface area (Å²) in [6.45, 7) is 5.39. The molecule has 0 radical (unpaired) electrons. The van der Waals surface area contributed by atoms with E-state index in [0.717, 1.165) is 5.56 Å². The maximum atomic E-state index is 12.2. The zero-order valence-electron chi connectivity index (χ0n) is 12.8. The Bertz CT molecular complexity index is 535. The lowest BCUT2D eigenvalue weighted by atomic mass is 9.95. The number of hydrogen-bond acceptors (Lipinski definition) is 4. The summed E-state index contributed by atoms with van der Waals surface area (Å²) in [6.07, 6.45) is -0.00246. The van der Waals surface area contributed by atoms with E-state index in [2.05, 4.69) is 5.32 Å². The largest absolute Gasteiger partial charge is 0.468 e. The smallest absolute Gasteiger partial charge is 0.407 e. The number of rotatable bonds is 3. The fraction of sp³-hybridized carbons (Fsp3) is 0.500. The first kappa shape index (κ1) is 15.4. The number of nitrogens with one attached hydrogen (secondary N) is 1. The Morgan fingerprint density at radius 1 is 1.24 bits per heavy atom. The highest BCUT2D eigenvalue weighted by Gasteiger charge is 2.63. The number of carbonyl (C=O) groups is 2. The monoisotopic (exact) mass is 291 g/mol. The average Bonchev–Trinajstić information content (AvgIpc) is 3.11. The number of methoxy groups -OCH3 is 1. The Balaban J connectivity index is 2.13. The van der Waals surface area contributed by atoms with Gasteiger partial charge in [0.15, 0.2) is 0 Å². The van der Waals surface area contributed by atoms with Crippen molar-refractivity contribution < 1.29 is 19.1 Å². The number of hydrogen-bond donors (Lipinski definition) is 1. The quantitative estimate of drug-likeness (QED) is 0.868. The van der Waals surface area contributed by atoms with Crippen LogP contribution in [0.4, 0.5) is 4.79 Å². The van der Waals surface area contributed by atoms with Gasteiger partial charge < -0.3 is 14.8 Å². The van der Waals surface area contributed by atoms with Crippen molar-refractivity contribution in [1.82, 2.24) is 5.32 Å². The van der Waals surface area contributed by atoms with Crippen LogP contribution in [0.1, 0.15) is 32.8 Å². The third-order valence-electron chi connectivity index (χ3n) is 3.49. The predicted octanol–water partition coefficient (Wildman–Crippen LogP) is 2.39. The van der Waals surface area contributed by atoms with Crippen LogP contribution in [0.2, 0.25) is 0 Å². The molecule has 0 bridgehead atoms. The first-order chi connectivity index (χ1) is 9.79. The standard InChI is InChI=1S/C16H21NO4/c1-15(2,3)21-14(19)17-12-10-16(12,13(18)20-4)11-8-6-5-7-9-11/h5-9,12H,10H2,1-4H3,(H,17,19)/t12-,16-/m1/s1. The average molecular weight is 291 g/mol. The van der Waals surface area contributed by atoms with Gasteiger partial charge in [-0.25, -0.2) is 4.79 Å². The number of carbonyl (C=O) groups excluding carboxylic acids is 2. The second-order valence-corrected chi connectivity index (χ2v) is 6.23. The molecule has 1 aromatic rings. The van der Waals surface area contributed by atoms with Crippen LogP contribution in [0.5, 0.6) is 0 Å². The lowest BCUT2D eigenvalue weighted by molar-refractivity contribution is -0.143. The molecule has 5 heteroatoms. The van der Waals surface area contributed by atoms with Gasteiger partial charge in [0.1, 0.15) is 11.0 Å². The summed E-state index contributed by atoms with van der Waals surface area (Å²) in [5.41, 5.74) is -0.523. The van der Waals surface area contributed by atoms with Gasteiger partial charge in [0.25, 0.3) is 0 Å². The van der Waals surface area contributed by atoms with Gasteiger partial charge in [0, 0.05) is 0 Å². The van der Waals surface area contributed by atoms with Crippen molar-refractivity contribution in [2.24, 2.45) is 0 Å². The van der Waals surface area contributed by atoms with E-state index in [-0.39, 0.29) is 12.0 Å². The van der Waals surface area contributed by atoms with E-state index in [1.807, 2.05) is 30.3 Å². The lowest BCUT2D eigenvalue weighted by Crippen LogP contribution is -2.39. The molecule has 2 rings (SSSR count). The molecule has 1 saturated carbocycles. The van der Waals surface area contributed by atoms with Gasteiger partial charge in [-0.05, 0) is 32.8 Å². The second kappa shape index (κ2) is 5.39. The topological polar surface area (TPSA) is 64.6 Å². The molecule has 21 heavy (non-hydrogen) atoms. The highest BCUT2D eigenvalue weighted by molar-refractivity contribution is 5.89. The Morgan fingerprint density at radius 2 is 1.86 bits per heavy atom. The van der Waals surface area contributed by atoms with E-state index in [1.54, 1.807) is 20.8 Å². The van der Waals surface area contributed by atoms with Gasteiger partial charge in [-0.15, -0.1) is 0 Å². The van der Waals surface area contributed by atoms with Crippen LogP contribution in [-0.4, -0.2) is 30.8 Å².